The zero-order valence-electron chi connectivity index (χ0n) is 14.5. The molecule has 25 heavy (non-hydrogen) atoms. The summed E-state index contributed by atoms with van der Waals surface area (Å²) in [6.45, 7) is 4.73. The summed E-state index contributed by atoms with van der Waals surface area (Å²) in [4.78, 5) is 4.55. The highest BCUT2D eigenvalue weighted by Crippen LogP contribution is 2.26. The van der Waals surface area contributed by atoms with Crippen molar-refractivity contribution in [2.75, 3.05) is 0 Å². The van der Waals surface area contributed by atoms with Gasteiger partial charge in [0.15, 0.2) is 0 Å². The van der Waals surface area contributed by atoms with E-state index in [1.54, 1.807) is 0 Å². The second-order valence-electron chi connectivity index (χ2n) is 5.82. The molecule has 0 saturated heterocycles. The fourth-order valence-corrected chi connectivity index (χ4v) is 3.15. The van der Waals surface area contributed by atoms with Crippen molar-refractivity contribution < 1.29 is 9.47 Å². The molecule has 0 saturated carbocycles. The lowest BCUT2D eigenvalue weighted by Gasteiger charge is -2.29. The molecule has 0 amide bonds. The highest BCUT2D eigenvalue weighted by Gasteiger charge is 2.25. The third-order valence-electron chi connectivity index (χ3n) is 4.06. The first-order chi connectivity index (χ1) is 12.2. The molecule has 3 rings (SSSR count). The number of benzene rings is 2. The molecule has 126 valence electrons. The van der Waals surface area contributed by atoms with Gasteiger partial charge >= 0.3 is 0 Å². The van der Waals surface area contributed by atoms with E-state index in [9.17, 15) is 0 Å². The average Bonchev–Trinajstić information content (AvgIpc) is 2.68. The fraction of sp³-hybridized carbons (Fsp3) is 0.190. The molecule has 0 aliphatic carbocycles. The van der Waals surface area contributed by atoms with Crippen LogP contribution in [-0.2, 0) is 16.6 Å². The highest BCUT2D eigenvalue weighted by molar-refractivity contribution is 6.37. The minimum atomic E-state index is -0.306. The van der Waals surface area contributed by atoms with Crippen molar-refractivity contribution in [2.24, 2.45) is 0 Å². The van der Waals surface area contributed by atoms with Crippen LogP contribution in [0.2, 0.25) is 6.55 Å². The van der Waals surface area contributed by atoms with Gasteiger partial charge in [-0.15, -0.1) is 0 Å². The Morgan fingerprint density at radius 3 is 2.24 bits per heavy atom. The van der Waals surface area contributed by atoms with Gasteiger partial charge in [-0.2, -0.15) is 0 Å². The third-order valence-corrected chi connectivity index (χ3v) is 5.44. The van der Waals surface area contributed by atoms with Crippen molar-refractivity contribution in [3.63, 3.8) is 0 Å². The van der Waals surface area contributed by atoms with Gasteiger partial charge < -0.3 is 9.47 Å². The minimum Gasteiger partial charge on any atom is -0.439 e. The minimum absolute atomic E-state index is 0.306. The molecule has 3 nitrogen and oxygen atoms in total. The normalized spacial score (nSPS) is 13.2. The van der Waals surface area contributed by atoms with Crippen LogP contribution in [0.1, 0.15) is 18.2 Å². The molecule has 1 heterocycles. The summed E-state index contributed by atoms with van der Waals surface area (Å²) in [6.07, 6.45) is 0. The first kappa shape index (κ1) is 17.4. The molecule has 1 unspecified atom stereocenters. The molecule has 1 aromatic heterocycles. The van der Waals surface area contributed by atoms with Gasteiger partial charge in [0.1, 0.15) is 5.75 Å². The van der Waals surface area contributed by atoms with Gasteiger partial charge in [0.05, 0.1) is 27.0 Å². The summed E-state index contributed by atoms with van der Waals surface area (Å²) in [5, 5.41) is -0.306. The Hall–Kier alpha value is -2.43. The van der Waals surface area contributed by atoms with Gasteiger partial charge in [0.25, 0.3) is 0 Å². The van der Waals surface area contributed by atoms with Crippen LogP contribution in [0, 0.1) is 0 Å². The topological polar surface area (TPSA) is 31.4 Å². The van der Waals surface area contributed by atoms with Gasteiger partial charge in [0.2, 0.25) is 5.88 Å². The van der Waals surface area contributed by atoms with Crippen LogP contribution in [0.25, 0.3) is 0 Å². The van der Waals surface area contributed by atoms with Gasteiger partial charge in [-0.1, -0.05) is 61.1 Å². The predicted molar refractivity (Wildman–Crippen MR) is 101 cm³/mol. The van der Waals surface area contributed by atoms with E-state index >= 15 is 0 Å². The van der Waals surface area contributed by atoms with Crippen molar-refractivity contribution in [3.05, 3.63) is 90.1 Å². The van der Waals surface area contributed by atoms with Crippen LogP contribution in [-0.4, -0.2) is 14.5 Å². The Labute approximate surface area is 151 Å². The summed E-state index contributed by atoms with van der Waals surface area (Å²) in [5.74, 6) is 1.35. The summed E-state index contributed by atoms with van der Waals surface area (Å²) < 4.78 is 12.0. The molecule has 0 aliphatic rings. The van der Waals surface area contributed by atoms with Crippen LogP contribution >= 0.6 is 0 Å². The monoisotopic (exact) mass is 347 g/mol. The maximum Gasteiger partial charge on any atom is 0.219 e. The maximum atomic E-state index is 6.25. The van der Waals surface area contributed by atoms with Crippen molar-refractivity contribution in [2.45, 2.75) is 25.3 Å². The van der Waals surface area contributed by atoms with Crippen LogP contribution in [0.5, 0.6) is 11.6 Å². The number of para-hydroxylation sites is 1. The molecular weight excluding hydrogens is 326 g/mol. The van der Waals surface area contributed by atoms with Gasteiger partial charge in [-0.3, -0.25) is 0 Å². The summed E-state index contributed by atoms with van der Waals surface area (Å²) in [7, 11) is 0.625. The van der Waals surface area contributed by atoms with E-state index in [2.05, 4.69) is 30.6 Å². The number of pyridine rings is 1. The van der Waals surface area contributed by atoms with Crippen LogP contribution in [0.4, 0.5) is 0 Å². The van der Waals surface area contributed by atoms with E-state index in [4.69, 9.17) is 9.47 Å². The van der Waals surface area contributed by atoms with Gasteiger partial charge in [-0.25, -0.2) is 4.98 Å². The lowest BCUT2D eigenvalue weighted by atomic mass is 10.1. The number of rotatable bonds is 7. The zero-order valence-corrected chi connectivity index (χ0v) is 15.5. The number of nitrogens with zero attached hydrogens (tertiary/aromatic N) is 1. The van der Waals surface area contributed by atoms with Crippen molar-refractivity contribution in [1.82, 2.24) is 4.98 Å². The van der Waals surface area contributed by atoms with Crippen LogP contribution < -0.4 is 4.74 Å². The SMILES string of the molecule is C[Si]C(C)(OCc1cccc(Oc2ccccc2)n1)c1ccccc1. The fourth-order valence-electron chi connectivity index (χ4n) is 2.48. The number of hydrogen-bond donors (Lipinski definition) is 0. The molecule has 0 aliphatic heterocycles. The molecule has 1 atom stereocenters. The lowest BCUT2D eigenvalue weighted by Crippen LogP contribution is -2.31. The first-order valence-electron chi connectivity index (χ1n) is 8.27. The summed E-state index contributed by atoms with van der Waals surface area (Å²) >= 11 is 0. The Kier molecular flexibility index (Phi) is 5.63. The Bertz CT molecular complexity index is 795. The van der Waals surface area contributed by atoms with Crippen molar-refractivity contribution >= 4 is 9.52 Å². The first-order valence-corrected chi connectivity index (χ1v) is 9.77. The van der Waals surface area contributed by atoms with E-state index in [0.29, 0.717) is 22.0 Å². The van der Waals surface area contributed by atoms with Crippen molar-refractivity contribution in [3.8, 4) is 11.6 Å². The summed E-state index contributed by atoms with van der Waals surface area (Å²) in [6, 6.07) is 25.8. The molecule has 0 spiro atoms. The van der Waals surface area contributed by atoms with E-state index in [1.807, 2.05) is 66.7 Å². The molecule has 0 fully saturated rings. The summed E-state index contributed by atoms with van der Waals surface area (Å²) in [5.41, 5.74) is 2.04. The predicted octanol–water partition coefficient (Wildman–Crippen LogP) is 5.02. The third kappa shape index (κ3) is 4.56. The quantitative estimate of drug-likeness (QED) is 0.563. The smallest absolute Gasteiger partial charge is 0.219 e. The van der Waals surface area contributed by atoms with Crippen LogP contribution in [0.3, 0.4) is 0 Å². The molecule has 4 heteroatoms. The van der Waals surface area contributed by atoms with E-state index < -0.39 is 0 Å². The number of hydrogen-bond acceptors (Lipinski definition) is 3. The standard InChI is InChI=1S/C21H21NO2Si/c1-21(25-2,17-10-5-3-6-11-17)23-16-18-12-9-15-20(22-18)24-19-13-7-4-8-14-19/h3-15H,16H2,1-2H3. The lowest BCUT2D eigenvalue weighted by molar-refractivity contribution is 0.0121. The van der Waals surface area contributed by atoms with Crippen molar-refractivity contribution in [1.29, 1.82) is 0 Å². The largest absolute Gasteiger partial charge is 0.439 e. The Morgan fingerprint density at radius 1 is 0.880 bits per heavy atom. The van der Waals surface area contributed by atoms with Crippen LogP contribution in [0.15, 0.2) is 78.9 Å². The number of aromatic nitrogens is 1. The molecule has 3 aromatic rings. The second kappa shape index (κ2) is 8.10. The average molecular weight is 347 g/mol. The molecule has 0 bridgehead atoms. The van der Waals surface area contributed by atoms with E-state index in [0.717, 1.165) is 11.4 Å². The molecule has 2 aromatic carbocycles. The Morgan fingerprint density at radius 2 is 1.56 bits per heavy atom. The van der Waals surface area contributed by atoms with Gasteiger partial charge in [0, 0.05) is 6.07 Å². The van der Waals surface area contributed by atoms with E-state index in [1.165, 1.54) is 5.56 Å². The maximum absolute atomic E-state index is 6.25. The zero-order chi connectivity index (χ0) is 17.5. The van der Waals surface area contributed by atoms with E-state index in [-0.39, 0.29) is 5.22 Å². The highest BCUT2D eigenvalue weighted by atomic mass is 28.2. The number of ether oxygens (including phenoxy) is 2. The van der Waals surface area contributed by atoms with Gasteiger partial charge in [-0.05, 0) is 30.7 Å². The molecule has 2 radical (unpaired) electrons. The second-order valence-corrected chi connectivity index (χ2v) is 7.27. The molecule has 0 N–H and O–H groups in total. The molecular formula is C21H21NO2Si. The Balaban J connectivity index is 1.69.